The molecule has 0 rings (SSSR count). The van der Waals surface area contributed by atoms with E-state index in [1.807, 2.05) is 7.11 Å². The van der Waals surface area contributed by atoms with Gasteiger partial charge in [0.25, 0.3) is 0 Å². The first-order chi connectivity index (χ1) is 6.40. The maximum atomic E-state index is 5.80. The van der Waals surface area contributed by atoms with Crippen LogP contribution in [0.25, 0.3) is 0 Å². The van der Waals surface area contributed by atoms with E-state index in [9.17, 15) is 0 Å². The highest BCUT2D eigenvalue weighted by atomic mass is 28.4. The van der Waals surface area contributed by atoms with E-state index in [1.54, 1.807) is 4.82 Å². The highest BCUT2D eigenvalue weighted by Gasteiger charge is 2.36. The monoisotopic (exact) mass is 260 g/mol. The molecule has 0 unspecified atom stereocenters. The lowest BCUT2D eigenvalue weighted by molar-refractivity contribution is 0.414. The third-order valence-corrected chi connectivity index (χ3v) is 12.6. The van der Waals surface area contributed by atoms with Crippen molar-refractivity contribution in [1.29, 1.82) is 0 Å². The molecular formula is C11H28OSi3. The predicted molar refractivity (Wildman–Crippen MR) is 79.3 cm³/mol. The van der Waals surface area contributed by atoms with Crippen molar-refractivity contribution in [2.24, 2.45) is 0 Å². The zero-order chi connectivity index (χ0) is 12.5. The number of rotatable bonds is 4. The summed E-state index contributed by atoms with van der Waals surface area (Å²) in [5, 5.41) is 0. The molecule has 0 saturated carbocycles. The van der Waals surface area contributed by atoms with Gasteiger partial charge < -0.3 is 4.43 Å². The second-order valence-corrected chi connectivity index (χ2v) is 21.4. The van der Waals surface area contributed by atoms with E-state index in [4.69, 9.17) is 4.43 Å². The normalized spacial score (nSPS) is 15.7. The molecule has 0 fully saturated rings. The molecule has 0 atom stereocenters. The lowest BCUT2D eigenvalue weighted by atomic mass is 11.2. The van der Waals surface area contributed by atoms with Crippen molar-refractivity contribution in [2.45, 2.75) is 52.4 Å². The highest BCUT2D eigenvalue weighted by molar-refractivity contribution is 7.04. The molecule has 90 valence electrons. The summed E-state index contributed by atoms with van der Waals surface area (Å²) < 4.78 is 5.80. The first-order valence-electron chi connectivity index (χ1n) is 5.69. The Morgan fingerprint density at radius 2 is 1.27 bits per heavy atom. The second-order valence-electron chi connectivity index (χ2n) is 6.89. The minimum atomic E-state index is -1.59. The minimum Gasteiger partial charge on any atom is -0.417 e. The van der Waals surface area contributed by atoms with Crippen LogP contribution in [-0.2, 0) is 4.43 Å². The molecule has 0 amide bonds. The average Bonchev–Trinajstić information content (AvgIpc) is 1.96. The van der Waals surface area contributed by atoms with Crippen LogP contribution in [0.4, 0.5) is 0 Å². The fourth-order valence-corrected chi connectivity index (χ4v) is 16.2. The Morgan fingerprint density at radius 1 is 0.867 bits per heavy atom. The van der Waals surface area contributed by atoms with Crippen LogP contribution in [0.3, 0.4) is 0 Å². The van der Waals surface area contributed by atoms with Crippen molar-refractivity contribution >= 4 is 24.5 Å². The number of hydrogen-bond acceptors (Lipinski definition) is 1. The van der Waals surface area contributed by atoms with Crippen LogP contribution >= 0.6 is 0 Å². The van der Waals surface area contributed by atoms with E-state index in [1.165, 1.54) is 0 Å². The minimum absolute atomic E-state index is 1.13. The van der Waals surface area contributed by atoms with Gasteiger partial charge in [-0.05, 0) is 13.1 Å². The fourth-order valence-electron chi connectivity index (χ4n) is 1.84. The maximum absolute atomic E-state index is 5.80. The van der Waals surface area contributed by atoms with Crippen LogP contribution in [0, 0.1) is 0 Å². The van der Waals surface area contributed by atoms with Crippen molar-refractivity contribution in [3.63, 3.8) is 0 Å². The molecule has 0 aromatic heterocycles. The van der Waals surface area contributed by atoms with E-state index >= 15 is 0 Å². The van der Waals surface area contributed by atoms with Crippen LogP contribution in [0.2, 0.25) is 52.4 Å². The maximum Gasteiger partial charge on any atom is 0.209 e. The first kappa shape index (κ1) is 15.4. The standard InChI is InChI=1S/C11H28OSi3/c1-12-15(8,9)11(14(5,6)7)10-13(2,3)4/h10H,1-9H3/b11-10+. The molecule has 0 aromatic carbocycles. The average molecular weight is 261 g/mol. The van der Waals surface area contributed by atoms with Crippen LogP contribution < -0.4 is 0 Å². The van der Waals surface area contributed by atoms with Gasteiger partial charge in [0.1, 0.15) is 0 Å². The summed E-state index contributed by atoms with van der Waals surface area (Å²) in [6.07, 6.45) is 0. The Morgan fingerprint density at radius 3 is 1.47 bits per heavy atom. The molecule has 0 spiro atoms. The summed E-state index contributed by atoms with van der Waals surface area (Å²) in [4.78, 5) is 1.71. The quantitative estimate of drug-likeness (QED) is 0.693. The van der Waals surface area contributed by atoms with E-state index in [0.29, 0.717) is 0 Å². The zero-order valence-corrected chi connectivity index (χ0v) is 15.0. The van der Waals surface area contributed by atoms with Crippen LogP contribution in [0.1, 0.15) is 0 Å². The van der Waals surface area contributed by atoms with Crippen molar-refractivity contribution in [3.05, 3.63) is 10.5 Å². The molecule has 1 nitrogen and oxygen atoms in total. The highest BCUT2D eigenvalue weighted by Crippen LogP contribution is 2.27. The Hall–Kier alpha value is 0.351. The molecule has 0 aliphatic rings. The lowest BCUT2D eigenvalue weighted by Gasteiger charge is -2.34. The van der Waals surface area contributed by atoms with Gasteiger partial charge in [0.05, 0.1) is 16.1 Å². The van der Waals surface area contributed by atoms with E-state index in [0.717, 1.165) is 0 Å². The Balaban J connectivity index is 5.38. The topological polar surface area (TPSA) is 9.23 Å². The molecule has 4 heteroatoms. The van der Waals surface area contributed by atoms with Crippen molar-refractivity contribution in [2.75, 3.05) is 7.11 Å². The molecule has 15 heavy (non-hydrogen) atoms. The first-order valence-corrected chi connectivity index (χ1v) is 15.7. The van der Waals surface area contributed by atoms with Crippen LogP contribution in [0.15, 0.2) is 10.5 Å². The van der Waals surface area contributed by atoms with Gasteiger partial charge in [0.15, 0.2) is 0 Å². The Kier molecular flexibility index (Phi) is 4.80. The summed E-state index contributed by atoms with van der Waals surface area (Å²) in [6.45, 7) is 19.2. The number of hydrogen-bond donors (Lipinski definition) is 0. The molecule has 0 bridgehead atoms. The third kappa shape index (κ3) is 5.29. The summed E-state index contributed by atoms with van der Waals surface area (Å²) in [6, 6.07) is 0. The van der Waals surface area contributed by atoms with Crippen LogP contribution in [0.5, 0.6) is 0 Å². The second kappa shape index (κ2) is 4.69. The van der Waals surface area contributed by atoms with E-state index in [2.05, 4.69) is 58.1 Å². The molecule has 0 heterocycles. The third-order valence-electron chi connectivity index (χ3n) is 2.54. The molecule has 0 aliphatic heterocycles. The largest absolute Gasteiger partial charge is 0.417 e. The van der Waals surface area contributed by atoms with Gasteiger partial charge in [-0.3, -0.25) is 0 Å². The zero-order valence-electron chi connectivity index (χ0n) is 12.0. The smallest absolute Gasteiger partial charge is 0.209 e. The summed E-state index contributed by atoms with van der Waals surface area (Å²) in [5.74, 6) is 0. The summed E-state index contributed by atoms with van der Waals surface area (Å²) in [7, 11) is -2.06. The Bertz CT molecular complexity index is 244. The SMILES string of the molecule is CO[Si](C)(C)/C(=C/[Si](C)(C)C)[Si](C)(C)C. The summed E-state index contributed by atoms with van der Waals surface area (Å²) >= 11 is 0. The summed E-state index contributed by atoms with van der Waals surface area (Å²) in [5.41, 5.74) is 2.61. The van der Waals surface area contributed by atoms with Gasteiger partial charge >= 0.3 is 0 Å². The Labute approximate surface area is 99.1 Å². The van der Waals surface area contributed by atoms with Crippen LogP contribution in [-0.4, -0.2) is 31.6 Å². The van der Waals surface area contributed by atoms with Crippen molar-refractivity contribution in [3.8, 4) is 0 Å². The van der Waals surface area contributed by atoms with Crippen molar-refractivity contribution < 1.29 is 4.43 Å². The van der Waals surface area contributed by atoms with E-state index in [-0.39, 0.29) is 0 Å². The van der Waals surface area contributed by atoms with E-state index < -0.39 is 24.5 Å². The molecule has 0 N–H and O–H groups in total. The molecular weight excluding hydrogens is 232 g/mol. The van der Waals surface area contributed by atoms with Gasteiger partial charge in [-0.25, -0.2) is 0 Å². The van der Waals surface area contributed by atoms with Gasteiger partial charge in [0.2, 0.25) is 8.32 Å². The van der Waals surface area contributed by atoms with Crippen molar-refractivity contribution in [1.82, 2.24) is 0 Å². The lowest BCUT2D eigenvalue weighted by Crippen LogP contribution is -2.45. The predicted octanol–water partition coefficient (Wildman–Crippen LogP) is 4.06. The molecule has 0 saturated heterocycles. The van der Waals surface area contributed by atoms with Gasteiger partial charge in [-0.2, -0.15) is 0 Å². The molecule has 0 aromatic rings. The molecule has 0 radical (unpaired) electrons. The molecule has 0 aliphatic carbocycles. The van der Waals surface area contributed by atoms with Gasteiger partial charge in [-0.1, -0.05) is 44.1 Å². The fraction of sp³-hybridized carbons (Fsp3) is 0.818. The van der Waals surface area contributed by atoms with Gasteiger partial charge in [-0.15, -0.1) is 5.70 Å². The van der Waals surface area contributed by atoms with Gasteiger partial charge in [0, 0.05) is 7.11 Å².